The number of nitrogens with zero attached hydrogens (tertiary/aromatic N) is 1. The number of fused-ring (bicyclic) bond motifs is 1. The highest BCUT2D eigenvalue weighted by atomic mass is 35.5. The van der Waals surface area contributed by atoms with Gasteiger partial charge in [-0.2, -0.15) is 13.2 Å². The van der Waals surface area contributed by atoms with E-state index in [2.05, 4.69) is 10.5 Å². The number of hydrogen-bond acceptors (Lipinski definition) is 6. The third-order valence-corrected chi connectivity index (χ3v) is 7.83. The average molecular weight is 564 g/mol. The van der Waals surface area contributed by atoms with Crippen LogP contribution in [-0.4, -0.2) is 40.6 Å². The monoisotopic (exact) mass is 563 g/mol. The topological polar surface area (TPSA) is 91.6 Å². The zero-order valence-corrected chi connectivity index (χ0v) is 21.2. The minimum atomic E-state index is -4.82. The van der Waals surface area contributed by atoms with E-state index in [0.717, 1.165) is 12.1 Å². The molecule has 3 aromatic rings. The summed E-state index contributed by atoms with van der Waals surface area (Å²) in [5.41, 5.74) is -2.24. The quantitative estimate of drug-likeness (QED) is 0.374. The van der Waals surface area contributed by atoms with E-state index in [-0.39, 0.29) is 33.6 Å². The average Bonchev–Trinajstić information content (AvgIpc) is 3.39. The maximum Gasteiger partial charge on any atom is 0.435 e. The summed E-state index contributed by atoms with van der Waals surface area (Å²) in [7, 11) is -2.75. The van der Waals surface area contributed by atoms with E-state index in [1.807, 2.05) is 0 Å². The van der Waals surface area contributed by atoms with Gasteiger partial charge in [0.2, 0.25) is 0 Å². The highest BCUT2D eigenvalue weighted by Crippen LogP contribution is 2.50. The van der Waals surface area contributed by atoms with Crippen LogP contribution in [0.3, 0.4) is 0 Å². The Morgan fingerprint density at radius 1 is 1.26 bits per heavy atom. The van der Waals surface area contributed by atoms with Gasteiger partial charge in [-0.15, -0.1) is 11.3 Å². The second kappa shape index (κ2) is 9.27. The molecule has 0 fully saturated rings. The van der Waals surface area contributed by atoms with Crippen molar-refractivity contribution in [2.75, 3.05) is 18.6 Å². The second-order valence-corrected chi connectivity index (χ2v) is 12.3. The number of nitrogens with one attached hydrogen (secondary N) is 2. The van der Waals surface area contributed by atoms with E-state index in [4.69, 9.17) is 32.8 Å². The molecule has 1 aromatic heterocycles. The van der Waals surface area contributed by atoms with Crippen LogP contribution in [0.15, 0.2) is 46.9 Å². The van der Waals surface area contributed by atoms with Crippen LogP contribution in [0.2, 0.25) is 10.0 Å². The van der Waals surface area contributed by atoms with Crippen molar-refractivity contribution in [3.63, 3.8) is 0 Å². The second-order valence-electron chi connectivity index (χ2n) is 8.08. The summed E-state index contributed by atoms with van der Waals surface area (Å²) >= 11 is 13.2. The van der Waals surface area contributed by atoms with Crippen molar-refractivity contribution in [1.29, 1.82) is 4.78 Å². The summed E-state index contributed by atoms with van der Waals surface area (Å²) in [4.78, 5) is 17.8. The molecular weight excluding hydrogens is 546 g/mol. The standard InChI is InChI=1S/C22H18Cl2F3N3O3S2/c1-35(28,32)7-5-29-20(31)16-2-3-17(19-15(16)4-6-34-19)18-11-21(33-30-18,22(25,26)27)12-8-13(23)10-14(24)9-12/h2-4,6,8-10,28H,5,7,11H2,1H3,(H,29,31). The van der Waals surface area contributed by atoms with Gasteiger partial charge in [-0.1, -0.05) is 34.4 Å². The zero-order valence-electron chi connectivity index (χ0n) is 18.0. The Hall–Kier alpha value is -2.34. The molecule has 186 valence electrons. The van der Waals surface area contributed by atoms with Gasteiger partial charge < -0.3 is 10.2 Å². The predicted molar refractivity (Wildman–Crippen MR) is 132 cm³/mol. The predicted octanol–water partition coefficient (Wildman–Crippen LogP) is 6.20. The van der Waals surface area contributed by atoms with Crippen LogP contribution in [0.5, 0.6) is 0 Å². The molecule has 1 aliphatic rings. The number of carbonyl (C=O) groups excluding carboxylic acids is 1. The van der Waals surface area contributed by atoms with Crippen LogP contribution >= 0.6 is 34.5 Å². The fourth-order valence-corrected chi connectivity index (χ4v) is 5.75. The number of alkyl halides is 3. The molecule has 0 bridgehead atoms. The van der Waals surface area contributed by atoms with Gasteiger partial charge in [0.1, 0.15) is 0 Å². The highest BCUT2D eigenvalue weighted by Gasteiger charge is 2.62. The summed E-state index contributed by atoms with van der Waals surface area (Å²) in [5, 5.41) is 8.76. The van der Waals surface area contributed by atoms with Crippen molar-refractivity contribution >= 4 is 66.0 Å². The molecule has 0 spiro atoms. The van der Waals surface area contributed by atoms with Gasteiger partial charge in [0.05, 0.1) is 12.1 Å². The molecular formula is C22H18Cl2F3N3O3S2. The Bertz CT molecular complexity index is 1430. The Balaban J connectivity index is 1.67. The number of amides is 1. The van der Waals surface area contributed by atoms with Gasteiger partial charge in [0, 0.05) is 65.1 Å². The SMILES string of the molecule is CS(=N)(=O)CCNC(=O)c1ccc(C2=NOC(c3cc(Cl)cc(Cl)c3)(C(F)(F)F)C2)c2sccc12. The lowest BCUT2D eigenvalue weighted by Gasteiger charge is -2.29. The van der Waals surface area contributed by atoms with Crippen LogP contribution < -0.4 is 5.32 Å². The number of hydrogen-bond donors (Lipinski definition) is 2. The maximum atomic E-state index is 14.3. The number of oxime groups is 1. The van der Waals surface area contributed by atoms with Gasteiger partial charge in [-0.3, -0.25) is 13.8 Å². The first-order valence-electron chi connectivity index (χ1n) is 10.1. The van der Waals surface area contributed by atoms with Crippen molar-refractivity contribution in [2.45, 2.75) is 18.2 Å². The molecule has 0 saturated heterocycles. The van der Waals surface area contributed by atoms with Gasteiger partial charge >= 0.3 is 6.18 Å². The first-order chi connectivity index (χ1) is 16.3. The Kier molecular flexibility index (Phi) is 6.82. The van der Waals surface area contributed by atoms with Crippen molar-refractivity contribution in [1.82, 2.24) is 5.32 Å². The van der Waals surface area contributed by atoms with Crippen LogP contribution in [0.1, 0.15) is 27.9 Å². The zero-order chi connectivity index (χ0) is 25.6. The third-order valence-electron chi connectivity index (χ3n) is 5.46. The van der Waals surface area contributed by atoms with Gasteiger partial charge in [0.15, 0.2) is 0 Å². The van der Waals surface area contributed by atoms with Gasteiger partial charge in [-0.25, -0.2) is 0 Å². The molecule has 2 aromatic carbocycles. The number of thiophene rings is 1. The summed E-state index contributed by atoms with van der Waals surface area (Å²) in [6.45, 7) is 0.0574. The van der Waals surface area contributed by atoms with E-state index >= 15 is 0 Å². The molecule has 2 unspecified atom stereocenters. The minimum Gasteiger partial charge on any atom is -0.374 e. The summed E-state index contributed by atoms with van der Waals surface area (Å²) in [5.74, 6) is -0.434. The van der Waals surface area contributed by atoms with Gasteiger partial charge in [0.25, 0.3) is 11.5 Å². The largest absolute Gasteiger partial charge is 0.435 e. The molecule has 0 saturated carbocycles. The molecule has 2 atom stereocenters. The Morgan fingerprint density at radius 2 is 1.94 bits per heavy atom. The smallest absolute Gasteiger partial charge is 0.374 e. The molecule has 13 heteroatoms. The number of rotatable bonds is 6. The van der Waals surface area contributed by atoms with Crippen LogP contribution in [-0.2, 0) is 20.2 Å². The fourth-order valence-electron chi connectivity index (χ4n) is 3.78. The first-order valence-corrected chi connectivity index (χ1v) is 13.9. The lowest BCUT2D eigenvalue weighted by atomic mass is 9.86. The van der Waals surface area contributed by atoms with Crippen molar-refractivity contribution in [3.8, 4) is 0 Å². The van der Waals surface area contributed by atoms with Crippen LogP contribution in [0.25, 0.3) is 10.1 Å². The van der Waals surface area contributed by atoms with Gasteiger partial charge in [-0.05, 0) is 35.7 Å². The molecule has 1 amide bonds. The molecule has 0 aliphatic carbocycles. The molecule has 35 heavy (non-hydrogen) atoms. The maximum absolute atomic E-state index is 14.3. The summed E-state index contributed by atoms with van der Waals surface area (Å²) in [6.07, 6.45) is -4.15. The van der Waals surface area contributed by atoms with E-state index in [1.54, 1.807) is 11.4 Å². The molecule has 2 N–H and O–H groups in total. The molecule has 0 radical (unpaired) electrons. The first kappa shape index (κ1) is 25.7. The summed E-state index contributed by atoms with van der Waals surface area (Å²) < 4.78 is 62.5. The number of halogens is 5. The molecule has 1 aliphatic heterocycles. The van der Waals surface area contributed by atoms with E-state index in [1.165, 1.54) is 35.8 Å². The number of carbonyl (C=O) groups is 1. The van der Waals surface area contributed by atoms with Crippen molar-refractivity contribution in [2.24, 2.45) is 5.16 Å². The third kappa shape index (κ3) is 5.13. The number of benzene rings is 2. The molecule has 2 heterocycles. The van der Waals surface area contributed by atoms with Crippen LogP contribution in [0, 0.1) is 4.78 Å². The fraction of sp³-hybridized carbons (Fsp3) is 0.273. The van der Waals surface area contributed by atoms with Crippen LogP contribution in [0.4, 0.5) is 13.2 Å². The summed E-state index contributed by atoms with van der Waals surface area (Å²) in [6, 6.07) is 8.35. The minimum absolute atomic E-state index is 0.00475. The lowest BCUT2D eigenvalue weighted by molar-refractivity contribution is -0.275. The molecule has 6 nitrogen and oxygen atoms in total. The lowest BCUT2D eigenvalue weighted by Crippen LogP contribution is -2.42. The van der Waals surface area contributed by atoms with E-state index in [0.29, 0.717) is 21.2 Å². The normalized spacial score (nSPS) is 19.8. The highest BCUT2D eigenvalue weighted by molar-refractivity contribution is 7.91. The van der Waals surface area contributed by atoms with E-state index < -0.39 is 33.8 Å². The Labute approximate surface area is 213 Å². The van der Waals surface area contributed by atoms with E-state index in [9.17, 15) is 22.2 Å². The van der Waals surface area contributed by atoms with Crippen molar-refractivity contribution < 1.29 is 27.0 Å². The van der Waals surface area contributed by atoms with Crippen molar-refractivity contribution in [3.05, 3.63) is 68.5 Å². The Morgan fingerprint density at radius 3 is 2.57 bits per heavy atom. The molecule has 4 rings (SSSR count).